The minimum absolute atomic E-state index is 0.889. The zero-order valence-corrected chi connectivity index (χ0v) is 11.3. The molecule has 0 aliphatic rings. The number of hydrogen-bond acceptors (Lipinski definition) is 3. The fourth-order valence-electron chi connectivity index (χ4n) is 1.78. The van der Waals surface area contributed by atoms with Gasteiger partial charge in [0.1, 0.15) is 3.70 Å². The van der Waals surface area contributed by atoms with Crippen molar-refractivity contribution in [2.75, 3.05) is 0 Å². The largest absolute Gasteiger partial charge is 0.265 e. The average Bonchev–Trinajstić information content (AvgIpc) is 2.67. The SMILES string of the molecule is Cc1nc2c(-c3ccncc3)ccnn2c1I. The minimum Gasteiger partial charge on any atom is -0.265 e. The molecule has 0 unspecified atom stereocenters. The highest BCUT2D eigenvalue weighted by molar-refractivity contribution is 14.1. The van der Waals surface area contributed by atoms with Gasteiger partial charge in [-0.1, -0.05) is 0 Å². The summed E-state index contributed by atoms with van der Waals surface area (Å²) in [5.74, 6) is 0. The van der Waals surface area contributed by atoms with Crippen molar-refractivity contribution in [3.63, 3.8) is 0 Å². The lowest BCUT2D eigenvalue weighted by Gasteiger charge is -2.02. The highest BCUT2D eigenvalue weighted by Crippen LogP contribution is 2.24. The molecule has 3 rings (SSSR count). The van der Waals surface area contributed by atoms with E-state index in [2.05, 4.69) is 37.7 Å². The van der Waals surface area contributed by atoms with E-state index in [1.54, 1.807) is 18.6 Å². The zero-order chi connectivity index (χ0) is 11.8. The van der Waals surface area contributed by atoms with Gasteiger partial charge in [0.15, 0.2) is 5.65 Å². The summed E-state index contributed by atoms with van der Waals surface area (Å²) < 4.78 is 2.92. The van der Waals surface area contributed by atoms with E-state index >= 15 is 0 Å². The van der Waals surface area contributed by atoms with Crippen LogP contribution in [0, 0.1) is 10.6 Å². The Morgan fingerprint density at radius 1 is 1.12 bits per heavy atom. The molecule has 0 aliphatic carbocycles. The number of aryl methyl sites for hydroxylation is 1. The van der Waals surface area contributed by atoms with Gasteiger partial charge in [-0.2, -0.15) is 5.10 Å². The Kier molecular flexibility index (Phi) is 2.54. The molecule has 0 amide bonds. The summed E-state index contributed by atoms with van der Waals surface area (Å²) in [5, 5.41) is 4.32. The molecule has 0 saturated carbocycles. The molecule has 0 radical (unpaired) electrons. The Hall–Kier alpha value is -1.50. The summed E-state index contributed by atoms with van der Waals surface area (Å²) in [5.41, 5.74) is 4.07. The second kappa shape index (κ2) is 4.06. The van der Waals surface area contributed by atoms with Crippen LogP contribution in [0.1, 0.15) is 5.69 Å². The highest BCUT2D eigenvalue weighted by Gasteiger charge is 2.11. The maximum absolute atomic E-state index is 4.56. The van der Waals surface area contributed by atoms with Crippen molar-refractivity contribution in [2.24, 2.45) is 0 Å². The topological polar surface area (TPSA) is 43.1 Å². The van der Waals surface area contributed by atoms with E-state index in [0.717, 1.165) is 26.2 Å². The lowest BCUT2D eigenvalue weighted by atomic mass is 10.1. The van der Waals surface area contributed by atoms with Crippen LogP contribution in [0.15, 0.2) is 36.8 Å². The Labute approximate surface area is 112 Å². The number of halogens is 1. The predicted molar refractivity (Wildman–Crippen MR) is 73.7 cm³/mol. The fraction of sp³-hybridized carbons (Fsp3) is 0.0833. The molecule has 0 saturated heterocycles. The molecule has 84 valence electrons. The van der Waals surface area contributed by atoms with Crippen LogP contribution in [0.4, 0.5) is 0 Å². The molecule has 3 aromatic heterocycles. The molecule has 0 aliphatic heterocycles. The van der Waals surface area contributed by atoms with Crippen LogP contribution in [0.25, 0.3) is 16.8 Å². The first-order chi connectivity index (χ1) is 8.27. The summed E-state index contributed by atoms with van der Waals surface area (Å²) in [7, 11) is 0. The predicted octanol–water partition coefficient (Wildman–Crippen LogP) is 2.70. The van der Waals surface area contributed by atoms with Crippen LogP contribution >= 0.6 is 22.6 Å². The molecule has 0 fully saturated rings. The van der Waals surface area contributed by atoms with Crippen molar-refractivity contribution >= 4 is 28.2 Å². The zero-order valence-electron chi connectivity index (χ0n) is 9.13. The lowest BCUT2D eigenvalue weighted by Crippen LogP contribution is -1.95. The van der Waals surface area contributed by atoms with Crippen molar-refractivity contribution in [3.8, 4) is 11.1 Å². The molecule has 17 heavy (non-hydrogen) atoms. The average molecular weight is 336 g/mol. The van der Waals surface area contributed by atoms with E-state index in [9.17, 15) is 0 Å². The van der Waals surface area contributed by atoms with Crippen molar-refractivity contribution in [2.45, 2.75) is 6.92 Å². The number of hydrogen-bond donors (Lipinski definition) is 0. The molecule has 5 heteroatoms. The maximum atomic E-state index is 4.56. The molecule has 4 nitrogen and oxygen atoms in total. The summed E-state index contributed by atoms with van der Waals surface area (Å²) in [6.07, 6.45) is 5.37. The van der Waals surface area contributed by atoms with Crippen LogP contribution in [-0.2, 0) is 0 Å². The highest BCUT2D eigenvalue weighted by atomic mass is 127. The number of rotatable bonds is 1. The number of imidazole rings is 1. The third kappa shape index (κ3) is 1.70. The third-order valence-electron chi connectivity index (χ3n) is 2.61. The lowest BCUT2D eigenvalue weighted by molar-refractivity contribution is 0.912. The van der Waals surface area contributed by atoms with Gasteiger partial charge in [-0.05, 0) is 53.3 Å². The van der Waals surface area contributed by atoms with Crippen LogP contribution in [0.5, 0.6) is 0 Å². The molecule has 0 bridgehead atoms. The van der Waals surface area contributed by atoms with Gasteiger partial charge in [0.2, 0.25) is 0 Å². The van der Waals surface area contributed by atoms with Gasteiger partial charge in [0.05, 0.1) is 5.69 Å². The minimum atomic E-state index is 0.889. The van der Waals surface area contributed by atoms with Gasteiger partial charge in [-0.25, -0.2) is 9.50 Å². The second-order valence-electron chi connectivity index (χ2n) is 3.70. The molecular formula is C12H9IN4. The maximum Gasteiger partial charge on any atom is 0.162 e. The molecule has 3 heterocycles. The first-order valence-electron chi connectivity index (χ1n) is 5.17. The molecule has 0 N–H and O–H groups in total. The van der Waals surface area contributed by atoms with E-state index in [4.69, 9.17) is 0 Å². The van der Waals surface area contributed by atoms with Crippen LogP contribution in [0.2, 0.25) is 0 Å². The van der Waals surface area contributed by atoms with E-state index in [-0.39, 0.29) is 0 Å². The summed E-state index contributed by atoms with van der Waals surface area (Å²) in [6, 6.07) is 5.94. The van der Waals surface area contributed by atoms with Crippen molar-refractivity contribution < 1.29 is 0 Å². The third-order valence-corrected chi connectivity index (χ3v) is 3.85. The van der Waals surface area contributed by atoms with Crippen molar-refractivity contribution in [1.29, 1.82) is 0 Å². The van der Waals surface area contributed by atoms with Crippen molar-refractivity contribution in [1.82, 2.24) is 19.6 Å². The van der Waals surface area contributed by atoms with Gasteiger partial charge in [0.25, 0.3) is 0 Å². The van der Waals surface area contributed by atoms with Crippen molar-refractivity contribution in [3.05, 3.63) is 46.2 Å². The Balaban J connectivity index is 2.35. The van der Waals surface area contributed by atoms with E-state index in [0.29, 0.717) is 0 Å². The Morgan fingerprint density at radius 3 is 2.65 bits per heavy atom. The fourth-order valence-corrected chi connectivity index (χ4v) is 2.26. The summed E-state index contributed by atoms with van der Waals surface area (Å²) >= 11 is 2.26. The number of pyridine rings is 1. The number of fused-ring (bicyclic) bond motifs is 1. The second-order valence-corrected chi connectivity index (χ2v) is 4.73. The van der Waals surface area contributed by atoms with Gasteiger partial charge < -0.3 is 0 Å². The van der Waals surface area contributed by atoms with E-state index in [1.807, 2.05) is 29.6 Å². The summed E-state index contributed by atoms with van der Waals surface area (Å²) in [6.45, 7) is 1.99. The molecule has 3 aromatic rings. The number of nitrogens with zero attached hydrogens (tertiary/aromatic N) is 4. The number of aromatic nitrogens is 4. The first kappa shape index (κ1) is 10.6. The van der Waals surface area contributed by atoms with Crippen LogP contribution < -0.4 is 0 Å². The molecule has 0 atom stereocenters. The summed E-state index contributed by atoms with van der Waals surface area (Å²) in [4.78, 5) is 8.59. The normalized spacial score (nSPS) is 10.9. The Morgan fingerprint density at radius 2 is 1.88 bits per heavy atom. The first-order valence-corrected chi connectivity index (χ1v) is 6.25. The van der Waals surface area contributed by atoms with E-state index < -0.39 is 0 Å². The van der Waals surface area contributed by atoms with E-state index in [1.165, 1.54) is 0 Å². The smallest absolute Gasteiger partial charge is 0.162 e. The van der Waals surface area contributed by atoms with Gasteiger partial charge in [0, 0.05) is 24.2 Å². The quantitative estimate of drug-likeness (QED) is 0.642. The van der Waals surface area contributed by atoms with Gasteiger partial charge >= 0.3 is 0 Å². The Bertz CT molecular complexity index is 676. The molecule has 0 spiro atoms. The molecule has 0 aromatic carbocycles. The van der Waals surface area contributed by atoms with Crippen LogP contribution in [0.3, 0.4) is 0 Å². The molecular weight excluding hydrogens is 327 g/mol. The van der Waals surface area contributed by atoms with Gasteiger partial charge in [-0.3, -0.25) is 4.98 Å². The standard InChI is InChI=1S/C12H9IN4/c1-8-11(13)17-12(16-8)10(4-7-15-17)9-2-5-14-6-3-9/h2-7H,1H3. The monoisotopic (exact) mass is 336 g/mol. The van der Waals surface area contributed by atoms with Gasteiger partial charge in [-0.15, -0.1) is 0 Å². The van der Waals surface area contributed by atoms with Crippen LogP contribution in [-0.4, -0.2) is 19.6 Å².